The van der Waals surface area contributed by atoms with Crippen LogP contribution in [-0.2, 0) is 23.0 Å². The lowest BCUT2D eigenvalue weighted by Crippen LogP contribution is -2.26. The van der Waals surface area contributed by atoms with Gasteiger partial charge in [-0.3, -0.25) is 0 Å². The molecule has 23 heavy (non-hydrogen) atoms. The lowest BCUT2D eigenvalue weighted by atomic mass is 10.1. The van der Waals surface area contributed by atoms with E-state index in [4.69, 9.17) is 0 Å². The van der Waals surface area contributed by atoms with Gasteiger partial charge in [0.1, 0.15) is 0 Å². The molecule has 0 bridgehead atoms. The van der Waals surface area contributed by atoms with Crippen LogP contribution in [0.5, 0.6) is 0 Å². The third kappa shape index (κ3) is 4.21. The highest BCUT2D eigenvalue weighted by Gasteiger charge is 2.11. The van der Waals surface area contributed by atoms with Gasteiger partial charge in [0, 0.05) is 23.6 Å². The number of H-pyrrole nitrogens is 1. The van der Waals surface area contributed by atoms with Gasteiger partial charge in [-0.25, -0.2) is 13.1 Å². The lowest BCUT2D eigenvalue weighted by molar-refractivity contribution is 0.578. The molecule has 120 valence electrons. The maximum atomic E-state index is 12.1. The topological polar surface area (TPSA) is 62.0 Å². The van der Waals surface area contributed by atoms with Crippen LogP contribution >= 0.6 is 0 Å². The summed E-state index contributed by atoms with van der Waals surface area (Å²) in [6, 6.07) is 17.8. The average Bonchev–Trinajstić information content (AvgIpc) is 2.97. The number of fused-ring (bicyclic) bond motifs is 1. The molecule has 2 aromatic carbocycles. The van der Waals surface area contributed by atoms with Gasteiger partial charge in [0.25, 0.3) is 0 Å². The van der Waals surface area contributed by atoms with Crippen molar-refractivity contribution in [1.82, 2.24) is 9.71 Å². The van der Waals surface area contributed by atoms with Crippen LogP contribution in [0.25, 0.3) is 10.9 Å². The highest BCUT2D eigenvalue weighted by molar-refractivity contribution is 7.89. The fourth-order valence-corrected chi connectivity index (χ4v) is 3.69. The highest BCUT2D eigenvalue weighted by Crippen LogP contribution is 2.17. The number of hydrogen-bond donors (Lipinski definition) is 2. The van der Waals surface area contributed by atoms with E-state index in [1.54, 1.807) is 0 Å². The Hall–Kier alpha value is -2.11. The molecule has 5 heteroatoms. The molecule has 3 aromatic rings. The van der Waals surface area contributed by atoms with Crippen molar-refractivity contribution in [3.05, 3.63) is 71.9 Å². The number of hydrogen-bond acceptors (Lipinski definition) is 2. The first-order valence-corrected chi connectivity index (χ1v) is 9.35. The van der Waals surface area contributed by atoms with E-state index in [1.807, 2.05) is 60.8 Å². The predicted octanol–water partition coefficient (Wildman–Crippen LogP) is 3.22. The largest absolute Gasteiger partial charge is 0.361 e. The minimum atomic E-state index is -3.26. The van der Waals surface area contributed by atoms with Crippen molar-refractivity contribution in [3.8, 4) is 0 Å². The number of rotatable bonds is 7. The number of para-hydroxylation sites is 1. The molecule has 3 rings (SSSR count). The molecule has 0 unspecified atom stereocenters. The third-order valence-electron chi connectivity index (χ3n) is 3.88. The van der Waals surface area contributed by atoms with Crippen LogP contribution in [-0.4, -0.2) is 19.2 Å². The second kappa shape index (κ2) is 6.98. The quantitative estimate of drug-likeness (QED) is 0.699. The van der Waals surface area contributed by atoms with E-state index < -0.39 is 10.0 Å². The molecule has 2 N–H and O–H groups in total. The number of nitrogens with one attached hydrogen (secondary N) is 2. The Balaban J connectivity index is 1.54. The average molecular weight is 328 g/mol. The Labute approximate surface area is 136 Å². The molecule has 0 radical (unpaired) electrons. The first-order chi connectivity index (χ1) is 11.1. The molecule has 1 heterocycles. The first kappa shape index (κ1) is 15.8. The van der Waals surface area contributed by atoms with E-state index in [1.165, 1.54) is 5.56 Å². The van der Waals surface area contributed by atoms with E-state index in [9.17, 15) is 8.42 Å². The number of aromatic amines is 1. The molecular formula is C18H20N2O2S. The summed E-state index contributed by atoms with van der Waals surface area (Å²) in [5, 5.41) is 1.06. The zero-order valence-electron chi connectivity index (χ0n) is 12.8. The minimum absolute atomic E-state index is 0.143. The zero-order valence-corrected chi connectivity index (χ0v) is 13.6. The van der Waals surface area contributed by atoms with Gasteiger partial charge in [0.15, 0.2) is 0 Å². The molecule has 0 saturated carbocycles. The second-order valence-electron chi connectivity index (χ2n) is 5.59. The molecule has 0 spiro atoms. The number of benzene rings is 2. The van der Waals surface area contributed by atoms with Crippen molar-refractivity contribution in [1.29, 1.82) is 0 Å². The van der Waals surface area contributed by atoms with Gasteiger partial charge in [-0.1, -0.05) is 48.5 Å². The van der Waals surface area contributed by atoms with E-state index in [2.05, 4.69) is 9.71 Å². The summed E-state index contributed by atoms with van der Waals surface area (Å²) in [4.78, 5) is 3.15. The smallest absolute Gasteiger partial charge is 0.211 e. The van der Waals surface area contributed by atoms with Gasteiger partial charge in [-0.2, -0.15) is 0 Å². The van der Waals surface area contributed by atoms with Crippen LogP contribution in [0.15, 0.2) is 60.8 Å². The summed E-state index contributed by atoms with van der Waals surface area (Å²) in [6.45, 7) is 0.317. The summed E-state index contributed by atoms with van der Waals surface area (Å²) < 4.78 is 27.0. The Morgan fingerprint density at radius 2 is 1.70 bits per heavy atom. The normalized spacial score (nSPS) is 11.8. The zero-order chi connectivity index (χ0) is 16.1. The van der Waals surface area contributed by atoms with Crippen LogP contribution in [0, 0.1) is 0 Å². The molecule has 0 atom stereocenters. The molecule has 1 aromatic heterocycles. The number of sulfonamides is 1. The standard InChI is InChI=1S/C18H20N2O2S/c21-23(22,12-6-9-15-7-2-1-3-8-15)20-14-16-13-19-18-11-5-4-10-17(16)18/h1-5,7-8,10-11,13,19-20H,6,9,12,14H2. The summed E-state index contributed by atoms with van der Waals surface area (Å²) in [7, 11) is -3.26. The van der Waals surface area contributed by atoms with Gasteiger partial charge >= 0.3 is 0 Å². The van der Waals surface area contributed by atoms with Crippen molar-refractivity contribution >= 4 is 20.9 Å². The molecule has 0 amide bonds. The van der Waals surface area contributed by atoms with Crippen molar-refractivity contribution in [2.24, 2.45) is 0 Å². The fourth-order valence-electron chi connectivity index (χ4n) is 2.65. The Morgan fingerprint density at radius 1 is 0.957 bits per heavy atom. The van der Waals surface area contributed by atoms with Crippen LogP contribution < -0.4 is 4.72 Å². The monoisotopic (exact) mass is 328 g/mol. The second-order valence-corrected chi connectivity index (χ2v) is 7.52. The van der Waals surface area contributed by atoms with Gasteiger partial charge in [0.05, 0.1) is 5.75 Å². The summed E-state index contributed by atoms with van der Waals surface area (Å²) in [5.41, 5.74) is 3.15. The van der Waals surface area contributed by atoms with Crippen LogP contribution in [0.2, 0.25) is 0 Å². The molecule has 0 aliphatic heterocycles. The Kier molecular flexibility index (Phi) is 4.79. The molecule has 0 aliphatic carbocycles. The van der Waals surface area contributed by atoms with Gasteiger partial charge in [-0.15, -0.1) is 0 Å². The lowest BCUT2D eigenvalue weighted by Gasteiger charge is -2.06. The molecule has 0 fully saturated rings. The van der Waals surface area contributed by atoms with Gasteiger partial charge in [0.2, 0.25) is 10.0 Å². The number of aryl methyl sites for hydroxylation is 1. The van der Waals surface area contributed by atoms with Crippen molar-refractivity contribution in [2.75, 3.05) is 5.75 Å². The van der Waals surface area contributed by atoms with Crippen molar-refractivity contribution in [2.45, 2.75) is 19.4 Å². The van der Waals surface area contributed by atoms with Gasteiger partial charge in [-0.05, 0) is 30.0 Å². The third-order valence-corrected chi connectivity index (χ3v) is 5.29. The summed E-state index contributed by atoms with van der Waals surface area (Å²) in [5.74, 6) is 0.143. The number of aromatic nitrogens is 1. The van der Waals surface area contributed by atoms with Crippen LogP contribution in [0.4, 0.5) is 0 Å². The molecular weight excluding hydrogens is 308 g/mol. The highest BCUT2D eigenvalue weighted by atomic mass is 32.2. The molecule has 0 aliphatic rings. The van der Waals surface area contributed by atoms with E-state index in [0.29, 0.717) is 13.0 Å². The summed E-state index contributed by atoms with van der Waals surface area (Å²) in [6.07, 6.45) is 3.25. The summed E-state index contributed by atoms with van der Waals surface area (Å²) >= 11 is 0. The van der Waals surface area contributed by atoms with Crippen LogP contribution in [0.3, 0.4) is 0 Å². The maximum Gasteiger partial charge on any atom is 0.211 e. The van der Waals surface area contributed by atoms with E-state index in [0.717, 1.165) is 22.9 Å². The Morgan fingerprint density at radius 3 is 2.52 bits per heavy atom. The molecule has 4 nitrogen and oxygen atoms in total. The minimum Gasteiger partial charge on any atom is -0.361 e. The van der Waals surface area contributed by atoms with Gasteiger partial charge < -0.3 is 4.98 Å². The first-order valence-electron chi connectivity index (χ1n) is 7.70. The fraction of sp³-hybridized carbons (Fsp3) is 0.222. The van der Waals surface area contributed by atoms with E-state index >= 15 is 0 Å². The SMILES string of the molecule is O=S(=O)(CCCc1ccccc1)NCc1c[nH]c2ccccc12. The van der Waals surface area contributed by atoms with Crippen LogP contribution in [0.1, 0.15) is 17.5 Å². The maximum absolute atomic E-state index is 12.1. The molecule has 0 saturated heterocycles. The predicted molar refractivity (Wildman–Crippen MR) is 93.7 cm³/mol. The Bertz CT molecular complexity index is 870. The van der Waals surface area contributed by atoms with Crippen molar-refractivity contribution < 1.29 is 8.42 Å². The van der Waals surface area contributed by atoms with Crippen molar-refractivity contribution in [3.63, 3.8) is 0 Å². The van der Waals surface area contributed by atoms with E-state index in [-0.39, 0.29) is 5.75 Å².